The van der Waals surface area contributed by atoms with Crippen molar-refractivity contribution in [1.29, 1.82) is 0 Å². The molecule has 2 N–H and O–H groups in total. The van der Waals surface area contributed by atoms with Gasteiger partial charge in [-0.1, -0.05) is 18.2 Å². The van der Waals surface area contributed by atoms with Crippen LogP contribution in [0.4, 0.5) is 5.82 Å². The van der Waals surface area contributed by atoms with Gasteiger partial charge < -0.3 is 10.5 Å². The number of ether oxygens (including phenoxy) is 1. The van der Waals surface area contributed by atoms with Gasteiger partial charge in [0.1, 0.15) is 11.6 Å². The van der Waals surface area contributed by atoms with Crippen molar-refractivity contribution in [3.63, 3.8) is 0 Å². The highest BCUT2D eigenvalue weighted by molar-refractivity contribution is 7.12. The molecule has 0 atom stereocenters. The maximum Gasteiger partial charge on any atom is 0.357 e. The van der Waals surface area contributed by atoms with Crippen LogP contribution in [-0.2, 0) is 0 Å². The molecule has 1 heterocycles. The molecular weight excluding hydrogens is 212 g/mol. The van der Waals surface area contributed by atoms with Crippen molar-refractivity contribution in [3.05, 3.63) is 40.7 Å². The monoisotopic (exact) mass is 220 g/mol. The van der Waals surface area contributed by atoms with E-state index < -0.39 is 5.97 Å². The van der Waals surface area contributed by atoms with E-state index in [1.54, 1.807) is 24.3 Å². The van der Waals surface area contributed by atoms with Crippen molar-refractivity contribution in [2.24, 2.45) is 0 Å². The van der Waals surface area contributed by atoms with E-state index in [0.29, 0.717) is 10.6 Å². The third-order valence-corrected chi connectivity index (χ3v) is 2.56. The predicted octanol–water partition coefficient (Wildman–Crippen LogP) is 1.94. The van der Waals surface area contributed by atoms with Crippen LogP contribution in [0.2, 0.25) is 0 Å². The van der Waals surface area contributed by atoms with Crippen LogP contribution in [0, 0.1) is 0 Å². The van der Waals surface area contributed by atoms with Gasteiger partial charge in [-0.05, 0) is 12.1 Å². The lowest BCUT2D eigenvalue weighted by Crippen LogP contribution is -2.08. The number of carbonyl (C=O) groups excluding carboxylic acids is 1. The molecule has 76 valence electrons. The highest BCUT2D eigenvalue weighted by atomic mass is 32.1. The number of rotatable bonds is 2. The first-order valence-electron chi connectivity index (χ1n) is 4.23. The van der Waals surface area contributed by atoms with Gasteiger partial charge in [-0.15, -0.1) is 11.3 Å². The number of aromatic nitrogens is 1. The van der Waals surface area contributed by atoms with Crippen LogP contribution in [-0.4, -0.2) is 11.0 Å². The predicted molar refractivity (Wildman–Crippen MR) is 57.9 cm³/mol. The van der Waals surface area contributed by atoms with Crippen LogP contribution in [0.3, 0.4) is 0 Å². The number of para-hydroxylation sites is 1. The van der Waals surface area contributed by atoms with Crippen LogP contribution >= 0.6 is 11.3 Å². The Morgan fingerprint density at radius 3 is 2.67 bits per heavy atom. The number of nitrogen functional groups attached to an aromatic ring is 1. The summed E-state index contributed by atoms with van der Waals surface area (Å²) >= 11 is 1.17. The lowest BCUT2D eigenvalue weighted by atomic mass is 10.3. The molecule has 0 aliphatic carbocycles. The fraction of sp³-hybridized carbons (Fsp3) is 0. The van der Waals surface area contributed by atoms with E-state index in [-0.39, 0.29) is 5.82 Å². The molecule has 0 aliphatic rings. The third kappa shape index (κ3) is 2.13. The summed E-state index contributed by atoms with van der Waals surface area (Å²) in [4.78, 5) is 15.7. The highest BCUT2D eigenvalue weighted by Gasteiger charge is 2.14. The minimum Gasteiger partial charge on any atom is -0.422 e. The maximum atomic E-state index is 11.6. The molecule has 0 radical (unpaired) electrons. The van der Waals surface area contributed by atoms with E-state index >= 15 is 0 Å². The van der Waals surface area contributed by atoms with Gasteiger partial charge in [-0.2, -0.15) is 0 Å². The molecule has 1 aromatic carbocycles. The van der Waals surface area contributed by atoms with Gasteiger partial charge in [0.05, 0.1) is 5.51 Å². The Balaban J connectivity index is 2.15. The molecule has 0 amide bonds. The minimum absolute atomic E-state index is 0.209. The van der Waals surface area contributed by atoms with Crippen molar-refractivity contribution >= 4 is 23.1 Å². The third-order valence-electron chi connectivity index (χ3n) is 1.73. The number of hydrogen-bond donors (Lipinski definition) is 1. The summed E-state index contributed by atoms with van der Waals surface area (Å²) < 4.78 is 5.09. The molecule has 0 saturated heterocycles. The molecule has 2 rings (SSSR count). The van der Waals surface area contributed by atoms with E-state index in [0.717, 1.165) is 0 Å². The summed E-state index contributed by atoms with van der Waals surface area (Å²) in [6, 6.07) is 8.83. The Labute approximate surface area is 90.3 Å². The molecule has 0 fully saturated rings. The molecule has 1 aromatic heterocycles. The first-order valence-corrected chi connectivity index (χ1v) is 5.11. The zero-order valence-electron chi connectivity index (χ0n) is 7.71. The van der Waals surface area contributed by atoms with Gasteiger partial charge in [0.25, 0.3) is 0 Å². The van der Waals surface area contributed by atoms with Gasteiger partial charge in [-0.3, -0.25) is 0 Å². The molecule has 0 bridgehead atoms. The SMILES string of the molecule is Nc1ncsc1C(=O)Oc1ccccc1. The highest BCUT2D eigenvalue weighted by Crippen LogP contribution is 2.18. The van der Waals surface area contributed by atoms with E-state index in [1.165, 1.54) is 16.8 Å². The molecule has 2 aromatic rings. The fourth-order valence-corrected chi connectivity index (χ4v) is 1.63. The normalized spacial score (nSPS) is 9.87. The van der Waals surface area contributed by atoms with E-state index in [9.17, 15) is 4.79 Å². The number of nitrogens with zero attached hydrogens (tertiary/aromatic N) is 1. The Morgan fingerprint density at radius 1 is 1.33 bits per heavy atom. The molecule has 4 nitrogen and oxygen atoms in total. The minimum atomic E-state index is -0.471. The second-order valence-electron chi connectivity index (χ2n) is 2.77. The fourth-order valence-electron chi connectivity index (χ4n) is 1.05. The van der Waals surface area contributed by atoms with Crippen molar-refractivity contribution in [1.82, 2.24) is 4.98 Å². The van der Waals surface area contributed by atoms with Crippen molar-refractivity contribution in [3.8, 4) is 5.75 Å². The van der Waals surface area contributed by atoms with Crippen molar-refractivity contribution in [2.75, 3.05) is 5.73 Å². The van der Waals surface area contributed by atoms with Gasteiger partial charge in [0.2, 0.25) is 0 Å². The summed E-state index contributed by atoms with van der Waals surface area (Å²) in [5, 5.41) is 0. The summed E-state index contributed by atoms with van der Waals surface area (Å²) in [5.41, 5.74) is 7.00. The molecule has 0 spiro atoms. The lowest BCUT2D eigenvalue weighted by Gasteiger charge is -2.01. The van der Waals surface area contributed by atoms with Crippen LogP contribution in [0.1, 0.15) is 9.67 Å². The molecule has 0 aliphatic heterocycles. The standard InChI is InChI=1S/C10H8N2O2S/c11-9-8(15-6-12-9)10(13)14-7-4-2-1-3-5-7/h1-6H,11H2. The number of carbonyl (C=O) groups is 1. The van der Waals surface area contributed by atoms with E-state index in [4.69, 9.17) is 10.5 Å². The van der Waals surface area contributed by atoms with Gasteiger partial charge in [-0.25, -0.2) is 9.78 Å². The van der Waals surface area contributed by atoms with Crippen LogP contribution < -0.4 is 10.5 Å². The summed E-state index contributed by atoms with van der Waals surface area (Å²) in [7, 11) is 0. The van der Waals surface area contributed by atoms with Gasteiger partial charge >= 0.3 is 5.97 Å². The number of nitrogens with two attached hydrogens (primary N) is 1. The summed E-state index contributed by atoms with van der Waals surface area (Å²) in [5.74, 6) is 0.234. The largest absolute Gasteiger partial charge is 0.422 e. The first kappa shape index (κ1) is 9.67. The van der Waals surface area contributed by atoms with E-state index in [2.05, 4.69) is 4.98 Å². The molecule has 0 unspecified atom stereocenters. The quantitative estimate of drug-likeness (QED) is 0.620. The smallest absolute Gasteiger partial charge is 0.357 e. The maximum absolute atomic E-state index is 11.6. The van der Waals surface area contributed by atoms with Gasteiger partial charge in [0.15, 0.2) is 4.88 Å². The number of thiazole rings is 1. The average Bonchev–Trinajstić information content (AvgIpc) is 2.66. The number of hydrogen-bond acceptors (Lipinski definition) is 5. The summed E-state index contributed by atoms with van der Waals surface area (Å²) in [6.45, 7) is 0. The average molecular weight is 220 g/mol. The van der Waals surface area contributed by atoms with Gasteiger partial charge in [0, 0.05) is 0 Å². The lowest BCUT2D eigenvalue weighted by molar-refractivity contribution is 0.0740. The van der Waals surface area contributed by atoms with Crippen LogP contribution in [0.5, 0.6) is 5.75 Å². The van der Waals surface area contributed by atoms with Crippen molar-refractivity contribution in [2.45, 2.75) is 0 Å². The van der Waals surface area contributed by atoms with Crippen LogP contribution in [0.25, 0.3) is 0 Å². The molecule has 0 saturated carbocycles. The van der Waals surface area contributed by atoms with Crippen LogP contribution in [0.15, 0.2) is 35.8 Å². The van der Waals surface area contributed by atoms with E-state index in [1.807, 2.05) is 6.07 Å². The number of esters is 1. The zero-order valence-corrected chi connectivity index (χ0v) is 8.53. The number of anilines is 1. The Hall–Kier alpha value is -1.88. The Kier molecular flexibility index (Phi) is 2.64. The summed E-state index contributed by atoms with van der Waals surface area (Å²) in [6.07, 6.45) is 0. The molecular formula is C10H8N2O2S. The molecule has 15 heavy (non-hydrogen) atoms. The second-order valence-corrected chi connectivity index (χ2v) is 3.62. The zero-order chi connectivity index (χ0) is 10.7. The Morgan fingerprint density at radius 2 is 2.07 bits per heavy atom. The van der Waals surface area contributed by atoms with Crippen molar-refractivity contribution < 1.29 is 9.53 Å². The first-order chi connectivity index (χ1) is 7.27. The number of benzene rings is 1. The molecule has 5 heteroatoms. The topological polar surface area (TPSA) is 65.2 Å². The second kappa shape index (κ2) is 4.10. The Bertz CT molecular complexity index is 467.